The second-order valence-electron chi connectivity index (χ2n) is 11.4. The Labute approximate surface area is 262 Å². The van der Waals surface area contributed by atoms with E-state index in [1.807, 2.05) is 20.8 Å². The van der Waals surface area contributed by atoms with Crippen molar-refractivity contribution in [2.24, 2.45) is 11.8 Å². The summed E-state index contributed by atoms with van der Waals surface area (Å²) >= 11 is 0. The van der Waals surface area contributed by atoms with Crippen molar-refractivity contribution in [3.05, 3.63) is 47.8 Å². The highest BCUT2D eigenvalue weighted by Gasteiger charge is 2.23. The van der Waals surface area contributed by atoms with Gasteiger partial charge in [-0.2, -0.15) is 10.2 Å². The predicted molar refractivity (Wildman–Crippen MR) is 169 cm³/mol. The Morgan fingerprint density at radius 1 is 0.778 bits per heavy atom. The zero-order valence-corrected chi connectivity index (χ0v) is 27.0. The molecule has 2 aromatic carbocycles. The first-order valence-electron chi connectivity index (χ1n) is 15.0. The zero-order valence-electron chi connectivity index (χ0n) is 27.0. The van der Waals surface area contributed by atoms with Crippen molar-refractivity contribution in [3.63, 3.8) is 0 Å². The summed E-state index contributed by atoms with van der Waals surface area (Å²) < 4.78 is 19.4. The fraction of sp³-hybridized carbons (Fsp3) is 0.455. The number of amides is 1. The number of fused-ring (bicyclic) bond motifs is 2. The molecule has 0 saturated heterocycles. The van der Waals surface area contributed by atoms with E-state index < -0.39 is 0 Å². The van der Waals surface area contributed by atoms with Gasteiger partial charge in [0.2, 0.25) is 5.91 Å². The van der Waals surface area contributed by atoms with Crippen molar-refractivity contribution >= 4 is 45.1 Å². The van der Waals surface area contributed by atoms with Crippen LogP contribution < -0.4 is 9.47 Å². The molecule has 0 atom stereocenters. The number of aromatic nitrogens is 4. The van der Waals surface area contributed by atoms with Gasteiger partial charge in [-0.1, -0.05) is 27.7 Å². The van der Waals surface area contributed by atoms with Crippen LogP contribution in [0.1, 0.15) is 55.6 Å². The molecule has 0 spiro atoms. The van der Waals surface area contributed by atoms with Crippen molar-refractivity contribution in [1.82, 2.24) is 24.5 Å². The molecular weight excluding hydrogens is 578 g/mol. The number of hydrogen-bond acceptors (Lipinski definition) is 9. The number of ether oxygens (including phenoxy) is 3. The summed E-state index contributed by atoms with van der Waals surface area (Å²) in [6, 6.07) is 10.6. The van der Waals surface area contributed by atoms with Crippen LogP contribution in [0.25, 0.3) is 21.8 Å². The van der Waals surface area contributed by atoms with E-state index in [1.54, 1.807) is 69.4 Å². The molecule has 4 rings (SSSR count). The third kappa shape index (κ3) is 7.39. The summed E-state index contributed by atoms with van der Waals surface area (Å²) in [5.41, 5.74) is 1.89. The number of likely N-dealkylation sites (N-methyl/N-ethyl adjacent to an activating group) is 1. The van der Waals surface area contributed by atoms with Gasteiger partial charge < -0.3 is 19.1 Å². The van der Waals surface area contributed by atoms with E-state index in [-0.39, 0.29) is 67.9 Å². The van der Waals surface area contributed by atoms with Crippen LogP contribution in [0.5, 0.6) is 11.5 Å². The van der Waals surface area contributed by atoms with Gasteiger partial charge in [-0.15, -0.1) is 0 Å². The fourth-order valence-corrected chi connectivity index (χ4v) is 4.97. The van der Waals surface area contributed by atoms with Crippen molar-refractivity contribution in [2.75, 3.05) is 40.5 Å². The number of carbonyl (C=O) groups is 4. The summed E-state index contributed by atoms with van der Waals surface area (Å²) in [6.07, 6.45) is 0. The highest BCUT2D eigenvalue weighted by atomic mass is 16.5. The van der Waals surface area contributed by atoms with E-state index in [4.69, 9.17) is 14.2 Å². The third-order valence-electron chi connectivity index (χ3n) is 7.55. The van der Waals surface area contributed by atoms with Crippen molar-refractivity contribution in [2.45, 2.75) is 47.7 Å². The summed E-state index contributed by atoms with van der Waals surface area (Å²) in [7, 11) is 3.10. The quantitative estimate of drug-likeness (QED) is 0.133. The summed E-state index contributed by atoms with van der Waals surface area (Å²) in [5, 5.41) is 10.3. The van der Waals surface area contributed by atoms with Crippen LogP contribution in [0, 0.1) is 11.8 Å². The largest absolute Gasteiger partial charge is 0.497 e. The van der Waals surface area contributed by atoms with Crippen molar-refractivity contribution < 1.29 is 33.4 Å². The minimum atomic E-state index is -0.249. The second kappa shape index (κ2) is 14.5. The van der Waals surface area contributed by atoms with Gasteiger partial charge in [0.05, 0.1) is 31.9 Å². The van der Waals surface area contributed by atoms with E-state index in [0.717, 1.165) is 0 Å². The molecule has 0 N–H and O–H groups in total. The maximum absolute atomic E-state index is 13.3. The molecular formula is C33H41N5O7. The lowest BCUT2D eigenvalue weighted by atomic mass is 10.0. The molecule has 45 heavy (non-hydrogen) atoms. The van der Waals surface area contributed by atoms with Crippen LogP contribution in [-0.4, -0.2) is 88.2 Å². The molecule has 0 fully saturated rings. The number of ketones is 3. The molecule has 0 saturated carbocycles. The first kappa shape index (κ1) is 33.3. The van der Waals surface area contributed by atoms with Crippen LogP contribution in [0.15, 0.2) is 36.4 Å². The molecule has 1 amide bonds. The molecule has 0 bridgehead atoms. The Morgan fingerprint density at radius 2 is 1.27 bits per heavy atom. The Balaban J connectivity index is 1.39. The molecule has 2 heterocycles. The normalized spacial score (nSPS) is 11.5. The third-order valence-corrected chi connectivity index (χ3v) is 7.55. The van der Waals surface area contributed by atoms with E-state index in [9.17, 15) is 19.2 Å². The Hall–Kier alpha value is -4.58. The topological polar surface area (TPSA) is 135 Å². The standard InChI is InChI=1S/C33H41N5O7/c1-8-36(29(40)18-38-28-16-24(44-7)10-12-26(28)31(35-38)33(42)21(4)5)13-14-45-19-22(39)17-37-27-15-23(43-6)9-11-25(27)30(34-37)32(41)20(2)3/h9-12,15-16,20-21H,8,13-14,17-19H2,1-7H3. The van der Waals surface area contributed by atoms with Crippen LogP contribution in [0.4, 0.5) is 0 Å². The van der Waals surface area contributed by atoms with Gasteiger partial charge in [-0.05, 0) is 31.2 Å². The highest BCUT2D eigenvalue weighted by molar-refractivity contribution is 6.08. The van der Waals surface area contributed by atoms with Crippen LogP contribution >= 0.6 is 0 Å². The van der Waals surface area contributed by atoms with Gasteiger partial charge in [0, 0.05) is 47.8 Å². The van der Waals surface area contributed by atoms with Crippen molar-refractivity contribution in [3.8, 4) is 11.5 Å². The maximum atomic E-state index is 13.3. The molecule has 0 aliphatic rings. The van der Waals surface area contributed by atoms with E-state index in [2.05, 4.69) is 10.2 Å². The monoisotopic (exact) mass is 619 g/mol. The molecule has 0 aliphatic carbocycles. The Kier molecular flexibility index (Phi) is 10.7. The van der Waals surface area contributed by atoms with E-state index >= 15 is 0 Å². The summed E-state index contributed by atoms with van der Waals surface area (Å²) in [5.74, 6) is 0.0260. The van der Waals surface area contributed by atoms with E-state index in [0.29, 0.717) is 51.2 Å². The maximum Gasteiger partial charge on any atom is 0.244 e. The smallest absolute Gasteiger partial charge is 0.244 e. The van der Waals surface area contributed by atoms with Gasteiger partial charge in [-0.25, -0.2) is 0 Å². The van der Waals surface area contributed by atoms with Crippen LogP contribution in [-0.2, 0) is 27.4 Å². The fourth-order valence-electron chi connectivity index (χ4n) is 4.97. The van der Waals surface area contributed by atoms with Gasteiger partial charge >= 0.3 is 0 Å². The number of nitrogens with zero attached hydrogens (tertiary/aromatic N) is 5. The highest BCUT2D eigenvalue weighted by Crippen LogP contribution is 2.27. The molecule has 12 nitrogen and oxygen atoms in total. The molecule has 2 aromatic heterocycles. The van der Waals surface area contributed by atoms with Gasteiger partial charge in [-0.3, -0.25) is 28.5 Å². The minimum Gasteiger partial charge on any atom is -0.497 e. The number of rotatable bonds is 16. The van der Waals surface area contributed by atoms with Crippen molar-refractivity contribution in [1.29, 1.82) is 0 Å². The predicted octanol–water partition coefficient (Wildman–Crippen LogP) is 4.22. The second-order valence-corrected chi connectivity index (χ2v) is 11.4. The number of methoxy groups -OCH3 is 2. The number of carbonyl (C=O) groups excluding carboxylic acids is 4. The molecule has 12 heteroatoms. The first-order chi connectivity index (χ1) is 21.5. The number of hydrogen-bond donors (Lipinski definition) is 0. The summed E-state index contributed by atoms with van der Waals surface area (Å²) in [4.78, 5) is 53.3. The first-order valence-corrected chi connectivity index (χ1v) is 15.0. The van der Waals surface area contributed by atoms with E-state index in [1.165, 1.54) is 9.36 Å². The van der Waals surface area contributed by atoms with Gasteiger partial charge in [0.25, 0.3) is 0 Å². The van der Waals surface area contributed by atoms with Gasteiger partial charge in [0.1, 0.15) is 42.6 Å². The minimum absolute atomic E-state index is 0.0743. The average Bonchev–Trinajstić information content (AvgIpc) is 3.57. The molecule has 0 radical (unpaired) electrons. The van der Waals surface area contributed by atoms with Crippen LogP contribution in [0.3, 0.4) is 0 Å². The molecule has 240 valence electrons. The number of benzene rings is 2. The van der Waals surface area contributed by atoms with Crippen LogP contribution in [0.2, 0.25) is 0 Å². The zero-order chi connectivity index (χ0) is 32.8. The van der Waals surface area contributed by atoms with Gasteiger partial charge in [0.15, 0.2) is 17.3 Å². The average molecular weight is 620 g/mol. The molecule has 0 aliphatic heterocycles. The summed E-state index contributed by atoms with van der Waals surface area (Å²) in [6.45, 7) is 9.56. The SMILES string of the molecule is CCN(CCOCC(=O)Cn1nc(C(=O)C(C)C)c2ccc(OC)cc21)C(=O)Cn1nc(C(=O)C(C)C)c2ccc(OC)cc21. The molecule has 0 unspecified atom stereocenters. The lowest BCUT2D eigenvalue weighted by Gasteiger charge is -2.21. The number of Topliss-reactive ketones (excluding diaryl/α,β-unsaturated/α-hetero) is 3. The lowest BCUT2D eigenvalue weighted by Crippen LogP contribution is -2.36. The Morgan fingerprint density at radius 3 is 1.71 bits per heavy atom. The Bertz CT molecular complexity index is 1720. The molecule has 4 aromatic rings. The lowest BCUT2D eigenvalue weighted by molar-refractivity contribution is -0.132.